The van der Waals surface area contributed by atoms with Gasteiger partial charge in [-0.3, -0.25) is 8.74 Å². The van der Waals surface area contributed by atoms with Crippen LogP contribution < -0.4 is 80.9 Å². The van der Waals surface area contributed by atoms with Crippen LogP contribution in [0.2, 0.25) is 0 Å². The van der Waals surface area contributed by atoms with Crippen LogP contribution in [0.3, 0.4) is 0 Å². The molecular weight excluding hydrogens is 494 g/mol. The van der Waals surface area contributed by atoms with Crippen molar-refractivity contribution in [1.29, 1.82) is 0 Å². The van der Waals surface area contributed by atoms with E-state index in [9.17, 15) is 34.4 Å². The van der Waals surface area contributed by atoms with E-state index in [1.807, 2.05) is 0 Å². The molecule has 0 fully saturated rings. The molecule has 17 heteroatoms. The van der Waals surface area contributed by atoms with Crippen molar-refractivity contribution in [2.75, 3.05) is 6.61 Å². The van der Waals surface area contributed by atoms with Gasteiger partial charge in [0.15, 0.2) is 0 Å². The second-order valence-electron chi connectivity index (χ2n) is 5.38. The zero-order chi connectivity index (χ0) is 21.4. The van der Waals surface area contributed by atoms with Gasteiger partial charge in [-0.1, -0.05) is 73.4 Å². The summed E-state index contributed by atoms with van der Waals surface area (Å²) in [6, 6.07) is 0. The molecule has 12 nitrogen and oxygen atoms in total. The fraction of sp³-hybridized carbons (Fsp3) is 1.00. The third-order valence-corrected chi connectivity index (χ3v) is 3.94. The van der Waals surface area contributed by atoms with Gasteiger partial charge in [0.05, 0.1) is 6.61 Å². The first-order valence-electron chi connectivity index (χ1n) is 8.18. The molecule has 0 rings (SSSR count). The maximum atomic E-state index is 10.1. The number of hydrogen-bond donors (Lipinski definition) is 1. The van der Waals surface area contributed by atoms with Crippen molar-refractivity contribution in [3.63, 3.8) is 0 Å². The van der Waals surface area contributed by atoms with Crippen LogP contribution in [0.15, 0.2) is 0 Å². The Morgan fingerprint density at radius 3 is 1.34 bits per heavy atom. The number of unbranched alkanes of at least 4 members (excludes halogenated alkanes) is 9. The Labute approximate surface area is 238 Å². The largest absolute Gasteiger partial charge is 1.00 e. The first-order chi connectivity index (χ1) is 12.3. The van der Waals surface area contributed by atoms with Gasteiger partial charge in [0.25, 0.3) is 0 Å². The van der Waals surface area contributed by atoms with Crippen LogP contribution in [0.4, 0.5) is 0 Å². The second-order valence-corrected chi connectivity index (χ2v) is 8.38. The Kier molecular flexibility index (Phi) is 29.3. The minimum Gasteiger partial charge on any atom is -0.726 e. The summed E-state index contributed by atoms with van der Waals surface area (Å²) in [5.74, 6) is 0. The molecule has 0 bridgehead atoms. The average Bonchev–Trinajstić information content (AvgIpc) is 2.49. The van der Waals surface area contributed by atoms with Gasteiger partial charge in [0.2, 0.25) is 20.8 Å². The minimum atomic E-state index is -5.27. The standard InChI is InChI=1S/C12H26O4S.K.Na.H2O8S2/c1-2-3-4-5-6-7-8-9-10-11-12-16-17(13,14)15;;;1-9(2,3)7-8-10(4,5)6/h2-12H2,1H3,(H,13,14,15);;;(H,1,2,3)(H,4,5,6)/q;2*+1;/p-2. The van der Waals surface area contributed by atoms with E-state index in [2.05, 4.69) is 19.8 Å². The van der Waals surface area contributed by atoms with Crippen LogP contribution in [0, 0.1) is 0 Å². The molecule has 0 amide bonds. The van der Waals surface area contributed by atoms with Gasteiger partial charge < -0.3 is 9.11 Å². The Hall–Kier alpha value is 2.25. The number of rotatable bonds is 15. The fourth-order valence-corrected chi connectivity index (χ4v) is 2.69. The summed E-state index contributed by atoms with van der Waals surface area (Å²) in [4.78, 5) is 0. The third-order valence-electron chi connectivity index (χ3n) is 2.92. The first-order valence-corrected chi connectivity index (χ1v) is 12.2. The van der Waals surface area contributed by atoms with Crippen LogP contribution in [0.5, 0.6) is 0 Å². The minimum absolute atomic E-state index is 0. The van der Waals surface area contributed by atoms with E-state index in [1.165, 1.54) is 44.9 Å². The van der Waals surface area contributed by atoms with E-state index in [0.29, 0.717) is 6.42 Å². The van der Waals surface area contributed by atoms with Gasteiger partial charge in [0, 0.05) is 0 Å². The average molecular weight is 521 g/mol. The van der Waals surface area contributed by atoms with Crippen molar-refractivity contribution in [2.24, 2.45) is 0 Å². The molecule has 0 heterocycles. The molecule has 166 valence electrons. The smallest absolute Gasteiger partial charge is 0.726 e. The maximum Gasteiger partial charge on any atom is 1.00 e. The second kappa shape index (κ2) is 22.1. The normalized spacial score (nSPS) is 11.6. The van der Waals surface area contributed by atoms with E-state index in [1.54, 1.807) is 0 Å². The molecule has 0 aliphatic carbocycles. The van der Waals surface area contributed by atoms with E-state index in [-0.39, 0.29) is 87.5 Å². The quantitative estimate of drug-likeness (QED) is 0.0544. The SMILES string of the molecule is CCCCCCCCCCCCOS(=O)(=O)[O-].O=S(=O)([O-])OOS(=O)(=O)O.[K+].[Na+]. The Bertz CT molecular complexity index is 634. The van der Waals surface area contributed by atoms with Crippen molar-refractivity contribution in [1.82, 2.24) is 0 Å². The van der Waals surface area contributed by atoms with Crippen LogP contribution in [-0.2, 0) is 44.0 Å². The summed E-state index contributed by atoms with van der Waals surface area (Å²) in [5, 5.41) is 0. The summed E-state index contributed by atoms with van der Waals surface area (Å²) in [7, 11) is -14.8. The predicted octanol–water partition coefficient (Wildman–Crippen LogP) is -4.41. The van der Waals surface area contributed by atoms with Crippen molar-refractivity contribution < 1.29 is 133 Å². The van der Waals surface area contributed by atoms with Gasteiger partial charge in [0.1, 0.15) is 0 Å². The Balaban J connectivity index is -0.000000226. The first kappa shape index (κ1) is 38.5. The maximum absolute atomic E-state index is 10.1. The molecule has 29 heavy (non-hydrogen) atoms. The van der Waals surface area contributed by atoms with Crippen molar-refractivity contribution >= 4 is 31.2 Å². The molecule has 0 aromatic heterocycles. The van der Waals surface area contributed by atoms with Crippen molar-refractivity contribution in [3.8, 4) is 0 Å². The predicted molar refractivity (Wildman–Crippen MR) is 90.9 cm³/mol. The van der Waals surface area contributed by atoms with Gasteiger partial charge in [-0.25, -0.2) is 16.8 Å². The molecule has 0 aliphatic rings. The van der Waals surface area contributed by atoms with Gasteiger partial charge in [-0.15, -0.1) is 0 Å². The molecule has 0 aliphatic heterocycles. The molecular formula is C12H26KNaO12S3. The fourth-order valence-electron chi connectivity index (χ4n) is 1.82. The van der Waals surface area contributed by atoms with E-state index < -0.39 is 31.2 Å². The molecule has 0 aromatic rings. The molecule has 0 saturated heterocycles. The topological polar surface area (TPSA) is 196 Å². The summed E-state index contributed by atoms with van der Waals surface area (Å²) in [6.45, 7) is 2.24. The van der Waals surface area contributed by atoms with E-state index in [4.69, 9.17) is 4.55 Å². The molecule has 0 aromatic carbocycles. The zero-order valence-electron chi connectivity index (χ0n) is 16.9. The van der Waals surface area contributed by atoms with Crippen molar-refractivity contribution in [2.45, 2.75) is 71.1 Å². The van der Waals surface area contributed by atoms with Crippen LogP contribution in [0.25, 0.3) is 0 Å². The molecule has 0 atom stereocenters. The Morgan fingerprint density at radius 1 is 0.690 bits per heavy atom. The van der Waals surface area contributed by atoms with E-state index >= 15 is 0 Å². The summed E-state index contributed by atoms with van der Waals surface area (Å²) < 4.78 is 94.6. The van der Waals surface area contributed by atoms with Crippen LogP contribution in [-0.4, -0.2) is 45.5 Å². The molecule has 1 N–H and O–H groups in total. The number of hydrogen-bond acceptors (Lipinski definition) is 11. The van der Waals surface area contributed by atoms with E-state index in [0.717, 1.165) is 12.8 Å². The van der Waals surface area contributed by atoms with Gasteiger partial charge in [-0.05, 0) is 6.42 Å². The van der Waals surface area contributed by atoms with Gasteiger partial charge >= 0.3 is 91.3 Å². The van der Waals surface area contributed by atoms with Crippen LogP contribution >= 0.6 is 0 Å². The summed E-state index contributed by atoms with van der Waals surface area (Å²) in [5.41, 5.74) is 0. The Morgan fingerprint density at radius 2 is 1.07 bits per heavy atom. The monoisotopic (exact) mass is 520 g/mol. The molecule has 0 radical (unpaired) electrons. The molecule has 0 saturated carbocycles. The third kappa shape index (κ3) is 44.7. The van der Waals surface area contributed by atoms with Gasteiger partial charge in [-0.2, -0.15) is 8.42 Å². The summed E-state index contributed by atoms with van der Waals surface area (Å²) in [6.07, 6.45) is 11.7. The summed E-state index contributed by atoms with van der Waals surface area (Å²) >= 11 is 0. The zero-order valence-corrected chi connectivity index (χ0v) is 24.5. The van der Waals surface area contributed by atoms with Crippen LogP contribution in [0.1, 0.15) is 71.1 Å². The van der Waals surface area contributed by atoms with Crippen molar-refractivity contribution in [3.05, 3.63) is 0 Å². The molecule has 0 spiro atoms. The molecule has 0 unspecified atom stereocenters.